The van der Waals surface area contributed by atoms with Crippen LogP contribution in [0.25, 0.3) is 10.9 Å². The molecule has 212 valence electrons. The molecule has 0 aliphatic heterocycles. The molecule has 3 aromatic rings. The predicted molar refractivity (Wildman–Crippen MR) is 146 cm³/mol. The average molecular weight is 552 g/mol. The summed E-state index contributed by atoms with van der Waals surface area (Å²) in [7, 11) is 0. The fourth-order valence-corrected chi connectivity index (χ4v) is 4.17. The van der Waals surface area contributed by atoms with Gasteiger partial charge in [-0.1, -0.05) is 48.5 Å². The first-order valence-electron chi connectivity index (χ1n) is 12.8. The fraction of sp³-hybridized carbons (Fsp3) is 0.321. The number of rotatable bonds is 14. The molecule has 0 aliphatic rings. The molecule has 2 aromatic carbocycles. The van der Waals surface area contributed by atoms with Crippen LogP contribution >= 0.6 is 0 Å². The second-order valence-electron chi connectivity index (χ2n) is 9.48. The summed E-state index contributed by atoms with van der Waals surface area (Å²) in [5.41, 5.74) is 8.28. The van der Waals surface area contributed by atoms with Gasteiger partial charge in [-0.3, -0.25) is 19.2 Å². The number of nitrogens with two attached hydrogens (primary N) is 1. The normalized spacial score (nSPS) is 13.9. The minimum absolute atomic E-state index is 0.0452. The number of H-pyrrole nitrogens is 1. The van der Waals surface area contributed by atoms with Crippen LogP contribution in [0.3, 0.4) is 0 Å². The lowest BCUT2D eigenvalue weighted by atomic mass is 10.0. The van der Waals surface area contributed by atoms with Crippen molar-refractivity contribution in [2.24, 2.45) is 5.73 Å². The number of amides is 3. The number of aromatic nitrogens is 1. The Labute approximate surface area is 230 Å². The summed E-state index contributed by atoms with van der Waals surface area (Å²) in [5, 5.41) is 27.0. The summed E-state index contributed by atoms with van der Waals surface area (Å²) in [5.74, 6) is -4.69. The number of para-hydroxylation sites is 1. The maximum atomic E-state index is 13.1. The molecule has 0 bridgehead atoms. The molecule has 3 rings (SSSR count). The van der Waals surface area contributed by atoms with E-state index in [0.717, 1.165) is 16.5 Å². The average Bonchev–Trinajstić information content (AvgIpc) is 3.33. The van der Waals surface area contributed by atoms with Crippen molar-refractivity contribution in [3.05, 3.63) is 71.9 Å². The molecule has 1 aromatic heterocycles. The third kappa shape index (κ3) is 8.40. The van der Waals surface area contributed by atoms with Gasteiger partial charge in [0.1, 0.15) is 18.1 Å². The van der Waals surface area contributed by atoms with E-state index in [1.165, 1.54) is 6.92 Å². The van der Waals surface area contributed by atoms with Gasteiger partial charge in [0, 0.05) is 29.9 Å². The summed E-state index contributed by atoms with van der Waals surface area (Å²) in [6.45, 7) is 1.39. The van der Waals surface area contributed by atoms with E-state index in [1.54, 1.807) is 12.3 Å². The number of hydrogen-bond acceptors (Lipinski definition) is 6. The van der Waals surface area contributed by atoms with Crippen molar-refractivity contribution < 1.29 is 34.2 Å². The number of fused-ring (bicyclic) bond motifs is 1. The van der Waals surface area contributed by atoms with Crippen molar-refractivity contribution in [3.63, 3.8) is 0 Å². The molecule has 4 atom stereocenters. The molecular weight excluding hydrogens is 518 g/mol. The molecule has 12 nitrogen and oxygen atoms in total. The lowest BCUT2D eigenvalue weighted by Gasteiger charge is -2.23. The molecule has 0 radical (unpaired) electrons. The zero-order valence-electron chi connectivity index (χ0n) is 21.9. The molecular formula is C28H33N5O7. The quantitative estimate of drug-likeness (QED) is 0.152. The van der Waals surface area contributed by atoms with Crippen molar-refractivity contribution in [2.75, 3.05) is 0 Å². The van der Waals surface area contributed by atoms with E-state index < -0.39 is 60.2 Å². The number of carbonyl (C=O) groups is 5. The van der Waals surface area contributed by atoms with Gasteiger partial charge in [-0.15, -0.1) is 0 Å². The maximum Gasteiger partial charge on any atom is 0.326 e. The van der Waals surface area contributed by atoms with Crippen LogP contribution < -0.4 is 21.7 Å². The molecule has 0 fully saturated rings. The Morgan fingerprint density at radius 1 is 0.825 bits per heavy atom. The highest BCUT2D eigenvalue weighted by molar-refractivity contribution is 5.94. The first kappa shape index (κ1) is 29.8. The van der Waals surface area contributed by atoms with Crippen LogP contribution in [0, 0.1) is 0 Å². The fourth-order valence-electron chi connectivity index (χ4n) is 4.17. The SMILES string of the molecule is CC(NC(=O)C(N)Cc1ccccc1)C(=O)NC(CCC(=O)O)C(=O)NC(Cc1c[nH]c2ccccc12)C(=O)O. The zero-order chi connectivity index (χ0) is 29.2. The molecule has 1 heterocycles. The van der Waals surface area contributed by atoms with E-state index in [0.29, 0.717) is 5.56 Å². The summed E-state index contributed by atoms with van der Waals surface area (Å²) in [6, 6.07) is 11.7. The summed E-state index contributed by atoms with van der Waals surface area (Å²) in [4.78, 5) is 64.6. The van der Waals surface area contributed by atoms with Gasteiger partial charge in [-0.2, -0.15) is 0 Å². The summed E-state index contributed by atoms with van der Waals surface area (Å²) in [6.07, 6.45) is 1.11. The van der Waals surface area contributed by atoms with Crippen molar-refractivity contribution in [1.82, 2.24) is 20.9 Å². The highest BCUT2D eigenvalue weighted by Crippen LogP contribution is 2.19. The largest absolute Gasteiger partial charge is 0.481 e. The molecule has 3 amide bonds. The van der Waals surface area contributed by atoms with E-state index in [4.69, 9.17) is 10.8 Å². The van der Waals surface area contributed by atoms with Crippen molar-refractivity contribution in [2.45, 2.75) is 56.8 Å². The van der Waals surface area contributed by atoms with E-state index in [1.807, 2.05) is 48.5 Å². The summed E-state index contributed by atoms with van der Waals surface area (Å²) < 4.78 is 0. The van der Waals surface area contributed by atoms with Crippen LogP contribution in [-0.2, 0) is 36.8 Å². The van der Waals surface area contributed by atoms with Crippen LogP contribution in [-0.4, -0.2) is 69.0 Å². The van der Waals surface area contributed by atoms with Gasteiger partial charge < -0.3 is 36.9 Å². The Hall–Kier alpha value is -4.71. The van der Waals surface area contributed by atoms with Crippen molar-refractivity contribution in [1.29, 1.82) is 0 Å². The van der Waals surface area contributed by atoms with Crippen molar-refractivity contribution in [3.8, 4) is 0 Å². The van der Waals surface area contributed by atoms with E-state index in [2.05, 4.69) is 20.9 Å². The number of benzene rings is 2. The third-order valence-corrected chi connectivity index (χ3v) is 6.38. The monoisotopic (exact) mass is 551 g/mol. The van der Waals surface area contributed by atoms with Crippen LogP contribution in [0.4, 0.5) is 0 Å². The van der Waals surface area contributed by atoms with Crippen LogP contribution in [0.2, 0.25) is 0 Å². The molecule has 8 N–H and O–H groups in total. The lowest BCUT2D eigenvalue weighted by Crippen LogP contribution is -2.56. The first-order valence-corrected chi connectivity index (χ1v) is 12.8. The smallest absolute Gasteiger partial charge is 0.326 e. The predicted octanol–water partition coefficient (Wildman–Crippen LogP) is 0.704. The zero-order valence-corrected chi connectivity index (χ0v) is 21.9. The number of nitrogens with one attached hydrogen (secondary N) is 4. The molecule has 12 heteroatoms. The van der Waals surface area contributed by atoms with Gasteiger partial charge >= 0.3 is 11.9 Å². The van der Waals surface area contributed by atoms with E-state index >= 15 is 0 Å². The molecule has 0 aliphatic carbocycles. The number of carboxylic acid groups (broad SMARTS) is 2. The van der Waals surface area contributed by atoms with Gasteiger partial charge in [0.25, 0.3) is 0 Å². The van der Waals surface area contributed by atoms with Gasteiger partial charge in [-0.25, -0.2) is 4.79 Å². The minimum atomic E-state index is -1.36. The lowest BCUT2D eigenvalue weighted by molar-refractivity contribution is -0.143. The Morgan fingerprint density at radius 3 is 2.15 bits per heavy atom. The Kier molecular flexibility index (Phi) is 10.4. The second-order valence-corrected chi connectivity index (χ2v) is 9.48. The van der Waals surface area contributed by atoms with Crippen LogP contribution in [0.1, 0.15) is 30.9 Å². The second kappa shape index (κ2) is 13.9. The van der Waals surface area contributed by atoms with E-state index in [9.17, 15) is 29.1 Å². The highest BCUT2D eigenvalue weighted by atomic mass is 16.4. The highest BCUT2D eigenvalue weighted by Gasteiger charge is 2.29. The van der Waals surface area contributed by atoms with Gasteiger partial charge in [-0.05, 0) is 37.0 Å². The Balaban J connectivity index is 1.64. The molecule has 0 spiro atoms. The number of carboxylic acids is 2. The number of carbonyl (C=O) groups excluding carboxylic acids is 3. The van der Waals surface area contributed by atoms with Crippen LogP contribution in [0.15, 0.2) is 60.8 Å². The van der Waals surface area contributed by atoms with Crippen LogP contribution in [0.5, 0.6) is 0 Å². The first-order chi connectivity index (χ1) is 19.0. The summed E-state index contributed by atoms with van der Waals surface area (Å²) >= 11 is 0. The van der Waals surface area contributed by atoms with Gasteiger partial charge in [0.05, 0.1) is 6.04 Å². The topological polar surface area (TPSA) is 204 Å². The molecule has 0 saturated carbocycles. The Bertz CT molecular complexity index is 1360. The molecule has 40 heavy (non-hydrogen) atoms. The minimum Gasteiger partial charge on any atom is -0.481 e. The third-order valence-electron chi connectivity index (χ3n) is 6.38. The van der Waals surface area contributed by atoms with Gasteiger partial charge in [0.15, 0.2) is 0 Å². The maximum absolute atomic E-state index is 13.1. The number of aromatic amines is 1. The standard InChI is InChI=1S/C28H33N5O7/c1-16(31-26(37)20(29)13-17-7-3-2-4-8-17)25(36)32-22(11-12-24(34)35)27(38)33-23(28(39)40)14-18-15-30-21-10-6-5-9-19(18)21/h2-10,15-16,20,22-23,30H,11-14,29H2,1H3,(H,31,37)(H,32,36)(H,33,38)(H,34,35)(H,39,40). The number of hydrogen-bond donors (Lipinski definition) is 7. The van der Waals surface area contributed by atoms with Crippen molar-refractivity contribution >= 4 is 40.6 Å². The molecule has 4 unspecified atom stereocenters. The number of aliphatic carboxylic acids is 2. The molecule has 0 saturated heterocycles. The van der Waals surface area contributed by atoms with E-state index in [-0.39, 0.29) is 19.3 Å². The Morgan fingerprint density at radius 2 is 1.48 bits per heavy atom. The van der Waals surface area contributed by atoms with Gasteiger partial charge in [0.2, 0.25) is 17.7 Å².